The van der Waals surface area contributed by atoms with Crippen LogP contribution in [0.15, 0.2) is 42.5 Å². The van der Waals surface area contributed by atoms with E-state index in [0.717, 1.165) is 25.7 Å². The minimum absolute atomic E-state index is 0.202. The van der Waals surface area contributed by atoms with Gasteiger partial charge in [0.15, 0.2) is 0 Å². The van der Waals surface area contributed by atoms with Gasteiger partial charge in [-0.25, -0.2) is 0 Å². The van der Waals surface area contributed by atoms with Crippen molar-refractivity contribution in [3.8, 4) is 11.1 Å². The maximum absolute atomic E-state index is 10.4. The summed E-state index contributed by atoms with van der Waals surface area (Å²) in [7, 11) is 0. The first-order valence-corrected chi connectivity index (χ1v) is 8.66. The summed E-state index contributed by atoms with van der Waals surface area (Å²) in [4.78, 5) is 0. The quantitative estimate of drug-likeness (QED) is 0.599. The highest BCUT2D eigenvalue weighted by molar-refractivity contribution is 5.77. The van der Waals surface area contributed by atoms with Gasteiger partial charge in [-0.15, -0.1) is 0 Å². The van der Waals surface area contributed by atoms with Gasteiger partial charge in [-0.3, -0.25) is 0 Å². The zero-order valence-electron chi connectivity index (χ0n) is 13.5. The molecule has 0 radical (unpaired) electrons. The number of benzene rings is 2. The zero-order chi connectivity index (χ0) is 15.4. The van der Waals surface area contributed by atoms with Gasteiger partial charge in [-0.1, -0.05) is 75.1 Å². The smallest absolute Gasteiger partial charge is 0.0580 e. The van der Waals surface area contributed by atoms with Crippen LogP contribution in [0.1, 0.15) is 55.7 Å². The molecular weight excluding hydrogens is 268 g/mol. The predicted octanol–water partition coefficient (Wildman–Crippen LogP) is 5.13. The van der Waals surface area contributed by atoms with Crippen LogP contribution < -0.4 is 0 Å². The van der Waals surface area contributed by atoms with Crippen LogP contribution in [0.3, 0.4) is 0 Å². The molecule has 0 heterocycles. The molecule has 1 unspecified atom stereocenters. The number of aliphatic hydroxyl groups excluding tert-OH is 1. The van der Waals surface area contributed by atoms with Crippen molar-refractivity contribution < 1.29 is 5.11 Å². The Hall–Kier alpha value is -1.60. The van der Waals surface area contributed by atoms with Crippen LogP contribution in [0.2, 0.25) is 0 Å². The number of aliphatic hydroxyl groups is 1. The molecule has 0 spiro atoms. The molecule has 1 heteroatoms. The monoisotopic (exact) mass is 294 g/mol. The first kappa shape index (κ1) is 15.3. The molecule has 22 heavy (non-hydrogen) atoms. The third-order valence-electron chi connectivity index (χ3n) is 4.79. The van der Waals surface area contributed by atoms with Gasteiger partial charge in [-0.05, 0) is 47.1 Å². The van der Waals surface area contributed by atoms with Crippen LogP contribution >= 0.6 is 0 Å². The summed E-state index contributed by atoms with van der Waals surface area (Å²) in [6.45, 7) is 2.22. The van der Waals surface area contributed by atoms with Crippen LogP contribution in [0.5, 0.6) is 0 Å². The second-order valence-corrected chi connectivity index (χ2v) is 6.48. The Morgan fingerprint density at radius 2 is 1.77 bits per heavy atom. The van der Waals surface area contributed by atoms with Crippen LogP contribution in [-0.4, -0.2) is 11.2 Å². The predicted molar refractivity (Wildman–Crippen MR) is 93.2 cm³/mol. The Morgan fingerprint density at radius 1 is 0.955 bits per heavy atom. The summed E-state index contributed by atoms with van der Waals surface area (Å²) in [6.07, 6.45) is 7.45. The van der Waals surface area contributed by atoms with E-state index in [9.17, 15) is 5.11 Å². The summed E-state index contributed by atoms with van der Waals surface area (Å²) in [6, 6.07) is 15.2. The lowest BCUT2D eigenvalue weighted by molar-refractivity contribution is 0.160. The second kappa shape index (κ2) is 7.11. The van der Waals surface area contributed by atoms with Gasteiger partial charge in [0.25, 0.3) is 0 Å². The van der Waals surface area contributed by atoms with Crippen molar-refractivity contribution in [2.75, 3.05) is 0 Å². The molecule has 2 aromatic carbocycles. The van der Waals surface area contributed by atoms with Gasteiger partial charge in [0.2, 0.25) is 0 Å². The minimum Gasteiger partial charge on any atom is -0.393 e. The van der Waals surface area contributed by atoms with Crippen molar-refractivity contribution in [2.24, 2.45) is 0 Å². The SMILES string of the molecule is CCCCCCC(O)Cc1cccc2c1Cc1ccccc1-2. The van der Waals surface area contributed by atoms with Crippen molar-refractivity contribution >= 4 is 0 Å². The van der Waals surface area contributed by atoms with E-state index < -0.39 is 0 Å². The molecule has 1 N–H and O–H groups in total. The third-order valence-corrected chi connectivity index (χ3v) is 4.79. The summed E-state index contributed by atoms with van der Waals surface area (Å²) >= 11 is 0. The van der Waals surface area contributed by atoms with Gasteiger partial charge >= 0.3 is 0 Å². The Labute approximate surface area is 134 Å². The van der Waals surface area contributed by atoms with Crippen molar-refractivity contribution in [3.05, 3.63) is 59.2 Å². The lowest BCUT2D eigenvalue weighted by Crippen LogP contribution is -2.11. The fraction of sp³-hybridized carbons (Fsp3) is 0.429. The number of rotatable bonds is 7. The number of hydrogen-bond donors (Lipinski definition) is 1. The molecule has 0 aromatic heterocycles. The van der Waals surface area contributed by atoms with E-state index in [0.29, 0.717) is 0 Å². The zero-order valence-corrected chi connectivity index (χ0v) is 13.5. The van der Waals surface area contributed by atoms with Crippen molar-refractivity contribution in [1.82, 2.24) is 0 Å². The van der Waals surface area contributed by atoms with Gasteiger partial charge in [0.05, 0.1) is 6.10 Å². The summed E-state index contributed by atoms with van der Waals surface area (Å²) in [5, 5.41) is 10.4. The Morgan fingerprint density at radius 3 is 2.64 bits per heavy atom. The molecule has 0 fully saturated rings. The molecule has 0 aliphatic heterocycles. The van der Waals surface area contributed by atoms with Crippen LogP contribution in [-0.2, 0) is 12.8 Å². The molecule has 3 rings (SSSR count). The van der Waals surface area contributed by atoms with E-state index in [2.05, 4.69) is 49.4 Å². The van der Waals surface area contributed by atoms with E-state index in [-0.39, 0.29) is 6.10 Å². The molecule has 1 nitrogen and oxygen atoms in total. The second-order valence-electron chi connectivity index (χ2n) is 6.48. The van der Waals surface area contributed by atoms with Crippen LogP contribution in [0.25, 0.3) is 11.1 Å². The van der Waals surface area contributed by atoms with E-state index in [1.165, 1.54) is 47.1 Å². The highest BCUT2D eigenvalue weighted by Crippen LogP contribution is 2.38. The van der Waals surface area contributed by atoms with E-state index >= 15 is 0 Å². The van der Waals surface area contributed by atoms with Gasteiger partial charge in [0.1, 0.15) is 0 Å². The van der Waals surface area contributed by atoms with Crippen LogP contribution in [0.4, 0.5) is 0 Å². The molecule has 0 saturated heterocycles. The van der Waals surface area contributed by atoms with E-state index in [1.807, 2.05) is 0 Å². The molecule has 1 aliphatic rings. The Kier molecular flexibility index (Phi) is 4.94. The maximum Gasteiger partial charge on any atom is 0.0580 e. The van der Waals surface area contributed by atoms with E-state index in [4.69, 9.17) is 0 Å². The van der Waals surface area contributed by atoms with Crippen LogP contribution in [0, 0.1) is 0 Å². The average Bonchev–Trinajstić information content (AvgIpc) is 2.92. The first-order valence-electron chi connectivity index (χ1n) is 8.66. The third kappa shape index (κ3) is 3.25. The normalized spacial score (nSPS) is 13.7. The Bertz CT molecular complexity index is 630. The first-order chi connectivity index (χ1) is 10.8. The fourth-order valence-corrected chi connectivity index (χ4v) is 3.58. The van der Waals surface area contributed by atoms with Crippen molar-refractivity contribution in [3.63, 3.8) is 0 Å². The molecule has 0 bridgehead atoms. The van der Waals surface area contributed by atoms with Gasteiger partial charge in [-0.2, -0.15) is 0 Å². The lowest BCUT2D eigenvalue weighted by atomic mass is 9.95. The van der Waals surface area contributed by atoms with Crippen molar-refractivity contribution in [1.29, 1.82) is 0 Å². The number of hydrogen-bond acceptors (Lipinski definition) is 1. The molecular formula is C21H26O. The standard InChI is InChI=1S/C21H26O/c1-2-3-4-5-11-18(22)14-16-10-8-13-20-19-12-7-6-9-17(19)15-21(16)20/h6-10,12-13,18,22H,2-5,11,14-15H2,1H3. The Balaban J connectivity index is 1.69. The number of fused-ring (bicyclic) bond motifs is 3. The largest absolute Gasteiger partial charge is 0.393 e. The molecule has 0 saturated carbocycles. The maximum atomic E-state index is 10.4. The lowest BCUT2D eigenvalue weighted by Gasteiger charge is -2.14. The molecule has 1 atom stereocenters. The average molecular weight is 294 g/mol. The summed E-state index contributed by atoms with van der Waals surface area (Å²) < 4.78 is 0. The van der Waals surface area contributed by atoms with Crippen molar-refractivity contribution in [2.45, 2.75) is 58.0 Å². The minimum atomic E-state index is -0.202. The topological polar surface area (TPSA) is 20.2 Å². The van der Waals surface area contributed by atoms with Gasteiger partial charge in [0, 0.05) is 0 Å². The summed E-state index contributed by atoms with van der Waals surface area (Å²) in [5.74, 6) is 0. The highest BCUT2D eigenvalue weighted by atomic mass is 16.3. The number of unbranched alkanes of at least 4 members (excludes halogenated alkanes) is 3. The van der Waals surface area contributed by atoms with Gasteiger partial charge < -0.3 is 5.11 Å². The molecule has 2 aromatic rings. The molecule has 0 amide bonds. The summed E-state index contributed by atoms with van der Waals surface area (Å²) in [5.41, 5.74) is 6.92. The highest BCUT2D eigenvalue weighted by Gasteiger charge is 2.21. The van der Waals surface area contributed by atoms with E-state index in [1.54, 1.807) is 0 Å². The molecule has 1 aliphatic carbocycles. The fourth-order valence-electron chi connectivity index (χ4n) is 3.58. The molecule has 116 valence electrons.